The molecule has 0 atom stereocenters. The highest BCUT2D eigenvalue weighted by molar-refractivity contribution is 6.37. The summed E-state index contributed by atoms with van der Waals surface area (Å²) < 4.78 is 4.95. The lowest BCUT2D eigenvalue weighted by atomic mass is 9.99. The van der Waals surface area contributed by atoms with E-state index in [9.17, 15) is 14.7 Å². The van der Waals surface area contributed by atoms with Crippen LogP contribution in [0.25, 0.3) is 11.1 Å². The molecule has 0 unspecified atom stereocenters. The number of hydrogen-bond donors (Lipinski definition) is 4. The average Bonchev–Trinajstić information content (AvgIpc) is 2.52. The van der Waals surface area contributed by atoms with Gasteiger partial charge in [-0.1, -0.05) is 23.7 Å². The number of phenolic OH excluding ortho intramolecular Hbond substituents is 1. The summed E-state index contributed by atoms with van der Waals surface area (Å²) in [7, 11) is 0. The zero-order valence-electron chi connectivity index (χ0n) is 12.8. The maximum Gasteiger partial charge on any atom is 0.338 e. The first-order valence-corrected chi connectivity index (χ1v) is 7.37. The van der Waals surface area contributed by atoms with Gasteiger partial charge in [-0.3, -0.25) is 0 Å². The number of halogens is 1. The first kappa shape index (κ1) is 17.4. The Balaban J connectivity index is 2.64. The van der Waals surface area contributed by atoms with Gasteiger partial charge in [0.05, 0.1) is 28.6 Å². The van der Waals surface area contributed by atoms with Crippen LogP contribution in [0.15, 0.2) is 30.3 Å². The van der Waals surface area contributed by atoms with Crippen LogP contribution in [0, 0.1) is 0 Å². The lowest BCUT2D eigenvalue weighted by Gasteiger charge is -2.16. The van der Waals surface area contributed by atoms with Gasteiger partial charge < -0.3 is 26.6 Å². The molecule has 2 rings (SSSR count). The van der Waals surface area contributed by atoms with Gasteiger partial charge in [0.1, 0.15) is 5.75 Å². The molecule has 0 aliphatic carbocycles. The van der Waals surface area contributed by atoms with Crippen LogP contribution in [0.5, 0.6) is 5.75 Å². The fourth-order valence-electron chi connectivity index (χ4n) is 2.21. The highest BCUT2D eigenvalue weighted by atomic mass is 35.5. The molecule has 0 fully saturated rings. The number of anilines is 2. The third-order valence-electron chi connectivity index (χ3n) is 3.18. The Hall–Kier alpha value is -2.93. The summed E-state index contributed by atoms with van der Waals surface area (Å²) >= 11 is 6.12. The molecule has 24 heavy (non-hydrogen) atoms. The molecule has 126 valence electrons. The molecule has 0 aliphatic rings. The third kappa shape index (κ3) is 3.52. The van der Waals surface area contributed by atoms with Crippen molar-refractivity contribution in [2.45, 2.75) is 6.92 Å². The number of aromatic hydroxyl groups is 1. The van der Waals surface area contributed by atoms with Crippen molar-refractivity contribution >= 4 is 35.0 Å². The van der Waals surface area contributed by atoms with Gasteiger partial charge in [0.25, 0.3) is 0 Å². The van der Waals surface area contributed by atoms with Crippen LogP contribution in [0.4, 0.5) is 16.2 Å². The Kier molecular flexibility index (Phi) is 5.15. The van der Waals surface area contributed by atoms with Gasteiger partial charge in [0, 0.05) is 11.6 Å². The Morgan fingerprint density at radius 2 is 2.04 bits per heavy atom. The van der Waals surface area contributed by atoms with Crippen LogP contribution in [0.3, 0.4) is 0 Å². The maximum absolute atomic E-state index is 11.9. The molecule has 0 radical (unpaired) electrons. The van der Waals surface area contributed by atoms with Crippen molar-refractivity contribution in [3.8, 4) is 16.9 Å². The van der Waals surface area contributed by atoms with Crippen molar-refractivity contribution in [1.82, 2.24) is 0 Å². The second kappa shape index (κ2) is 7.10. The molecule has 0 saturated carbocycles. The number of benzene rings is 2. The highest BCUT2D eigenvalue weighted by Gasteiger charge is 2.19. The number of rotatable bonds is 4. The molecule has 2 amide bonds. The molecule has 2 aromatic rings. The number of primary amides is 1. The van der Waals surface area contributed by atoms with Crippen LogP contribution in [-0.2, 0) is 4.74 Å². The smallest absolute Gasteiger partial charge is 0.338 e. The summed E-state index contributed by atoms with van der Waals surface area (Å²) in [5, 5.41) is 12.6. The van der Waals surface area contributed by atoms with Gasteiger partial charge in [0.2, 0.25) is 0 Å². The van der Waals surface area contributed by atoms with E-state index >= 15 is 0 Å². The number of carbonyl (C=O) groups is 2. The zero-order chi connectivity index (χ0) is 17.9. The normalized spacial score (nSPS) is 10.2. The van der Waals surface area contributed by atoms with E-state index < -0.39 is 12.0 Å². The number of nitrogens with two attached hydrogens (primary N) is 2. The Morgan fingerprint density at radius 1 is 1.33 bits per heavy atom. The van der Waals surface area contributed by atoms with E-state index in [1.54, 1.807) is 25.1 Å². The van der Waals surface area contributed by atoms with Crippen molar-refractivity contribution in [2.24, 2.45) is 5.73 Å². The molecule has 0 saturated heterocycles. The van der Waals surface area contributed by atoms with Gasteiger partial charge in [-0.25, -0.2) is 9.59 Å². The minimum absolute atomic E-state index is 0.0307. The van der Waals surface area contributed by atoms with E-state index in [1.165, 1.54) is 12.1 Å². The van der Waals surface area contributed by atoms with Gasteiger partial charge in [-0.2, -0.15) is 0 Å². The standard InChI is InChI=1S/C16H16ClN3O4/c1-2-24-15(22)9-5-3-4-8(6-9)12-11(21)7-10(18)13(17)14(12)20-16(19)23/h3-7,21H,2,18H2,1H3,(H3,19,20,23). The molecule has 7 nitrogen and oxygen atoms in total. The maximum atomic E-state index is 11.9. The summed E-state index contributed by atoms with van der Waals surface area (Å²) in [6.07, 6.45) is 0. The van der Waals surface area contributed by atoms with E-state index in [0.717, 1.165) is 0 Å². The first-order valence-electron chi connectivity index (χ1n) is 7.00. The summed E-state index contributed by atoms with van der Waals surface area (Å²) in [5.74, 6) is -0.730. The number of ether oxygens (including phenoxy) is 1. The molecule has 0 spiro atoms. The molecular formula is C16H16ClN3O4. The third-order valence-corrected chi connectivity index (χ3v) is 3.59. The molecular weight excluding hydrogens is 334 g/mol. The molecule has 6 N–H and O–H groups in total. The molecule has 8 heteroatoms. The predicted octanol–water partition coefficient (Wildman–Crippen LogP) is 2.96. The number of esters is 1. The zero-order valence-corrected chi connectivity index (χ0v) is 13.6. The van der Waals surface area contributed by atoms with Crippen molar-refractivity contribution in [1.29, 1.82) is 0 Å². The number of hydrogen-bond acceptors (Lipinski definition) is 5. The number of amides is 2. The van der Waals surface area contributed by atoms with Gasteiger partial charge in [-0.15, -0.1) is 0 Å². The highest BCUT2D eigenvalue weighted by Crippen LogP contribution is 2.44. The number of nitrogens with one attached hydrogen (secondary N) is 1. The summed E-state index contributed by atoms with van der Waals surface area (Å²) in [4.78, 5) is 23.1. The molecule has 2 aromatic carbocycles. The predicted molar refractivity (Wildman–Crippen MR) is 92.1 cm³/mol. The molecule has 0 aromatic heterocycles. The van der Waals surface area contributed by atoms with Crippen LogP contribution in [-0.4, -0.2) is 23.7 Å². The minimum Gasteiger partial charge on any atom is -0.507 e. The topological polar surface area (TPSA) is 128 Å². The second-order valence-corrected chi connectivity index (χ2v) is 5.22. The summed E-state index contributed by atoms with van der Waals surface area (Å²) in [6, 6.07) is 6.70. The van der Waals surface area contributed by atoms with Crippen LogP contribution >= 0.6 is 11.6 Å². The van der Waals surface area contributed by atoms with E-state index in [2.05, 4.69) is 5.32 Å². The second-order valence-electron chi connectivity index (χ2n) is 4.84. The number of phenols is 1. The van der Waals surface area contributed by atoms with Crippen molar-refractivity contribution in [3.05, 3.63) is 40.9 Å². The van der Waals surface area contributed by atoms with E-state index in [4.69, 9.17) is 27.8 Å². The average molecular weight is 350 g/mol. The molecule has 0 heterocycles. The summed E-state index contributed by atoms with van der Waals surface area (Å²) in [6.45, 7) is 1.93. The molecule has 0 aliphatic heterocycles. The Bertz CT molecular complexity index is 808. The Labute approximate surface area is 143 Å². The summed E-state index contributed by atoms with van der Waals surface area (Å²) in [5.41, 5.74) is 11.9. The van der Waals surface area contributed by atoms with Crippen LogP contribution in [0.2, 0.25) is 5.02 Å². The van der Waals surface area contributed by atoms with Gasteiger partial charge >= 0.3 is 12.0 Å². The largest absolute Gasteiger partial charge is 0.507 e. The number of carbonyl (C=O) groups excluding carboxylic acids is 2. The lowest BCUT2D eigenvalue weighted by molar-refractivity contribution is 0.0526. The van der Waals surface area contributed by atoms with Crippen LogP contribution in [0.1, 0.15) is 17.3 Å². The number of nitrogen functional groups attached to an aromatic ring is 1. The van der Waals surface area contributed by atoms with E-state index in [0.29, 0.717) is 5.56 Å². The fraction of sp³-hybridized carbons (Fsp3) is 0.125. The van der Waals surface area contributed by atoms with Crippen molar-refractivity contribution in [3.63, 3.8) is 0 Å². The van der Waals surface area contributed by atoms with Crippen molar-refractivity contribution in [2.75, 3.05) is 17.7 Å². The van der Waals surface area contributed by atoms with Gasteiger partial charge in [0.15, 0.2) is 0 Å². The first-order chi connectivity index (χ1) is 11.3. The minimum atomic E-state index is -0.871. The van der Waals surface area contributed by atoms with Gasteiger partial charge in [-0.05, 0) is 24.6 Å². The van der Waals surface area contributed by atoms with Crippen LogP contribution < -0.4 is 16.8 Å². The van der Waals surface area contributed by atoms with E-state index in [-0.39, 0.29) is 39.9 Å². The quantitative estimate of drug-likeness (QED) is 0.498. The number of urea groups is 1. The molecule has 0 bridgehead atoms. The Morgan fingerprint density at radius 3 is 2.67 bits per heavy atom. The lowest BCUT2D eigenvalue weighted by Crippen LogP contribution is -2.20. The fourth-order valence-corrected chi connectivity index (χ4v) is 2.41. The van der Waals surface area contributed by atoms with Crippen molar-refractivity contribution < 1.29 is 19.4 Å². The van der Waals surface area contributed by atoms with E-state index in [1.807, 2.05) is 0 Å². The SMILES string of the molecule is CCOC(=O)c1cccc(-c2c(O)cc(N)c(Cl)c2NC(N)=O)c1. The monoisotopic (exact) mass is 349 g/mol.